The first-order valence-corrected chi connectivity index (χ1v) is 9.75. The fourth-order valence-corrected chi connectivity index (χ4v) is 3.39. The number of anilines is 2. The Morgan fingerprint density at radius 1 is 1.26 bits per heavy atom. The predicted molar refractivity (Wildman–Crippen MR) is 110 cm³/mol. The molecule has 2 aromatic rings. The van der Waals surface area contributed by atoms with Crippen molar-refractivity contribution >= 4 is 29.0 Å². The molecule has 0 unspecified atom stereocenters. The van der Waals surface area contributed by atoms with E-state index in [2.05, 4.69) is 15.2 Å². The van der Waals surface area contributed by atoms with E-state index in [1.807, 2.05) is 51.1 Å². The third-order valence-electron chi connectivity index (χ3n) is 4.73. The number of rotatable bonds is 5. The Morgan fingerprint density at radius 3 is 2.59 bits per heavy atom. The van der Waals surface area contributed by atoms with E-state index >= 15 is 0 Å². The van der Waals surface area contributed by atoms with Crippen LogP contribution in [0.2, 0.25) is 5.02 Å². The molecule has 0 saturated carbocycles. The van der Waals surface area contributed by atoms with E-state index in [1.54, 1.807) is 6.20 Å². The monoisotopic (exact) mass is 387 g/mol. The van der Waals surface area contributed by atoms with Crippen molar-refractivity contribution in [3.63, 3.8) is 0 Å². The lowest BCUT2D eigenvalue weighted by atomic mass is 9.95. The molecule has 6 heteroatoms. The summed E-state index contributed by atoms with van der Waals surface area (Å²) in [4.78, 5) is 19.2. The molecular formula is C21H26ClN3O2. The molecule has 1 aromatic carbocycles. The molecule has 1 N–H and O–H groups in total. The summed E-state index contributed by atoms with van der Waals surface area (Å²) in [6.07, 6.45) is 3.41. The van der Waals surface area contributed by atoms with Gasteiger partial charge in [0, 0.05) is 30.9 Å². The van der Waals surface area contributed by atoms with Crippen molar-refractivity contribution in [1.29, 1.82) is 0 Å². The lowest BCUT2D eigenvalue weighted by Crippen LogP contribution is -2.38. The molecule has 1 fully saturated rings. The predicted octanol–water partition coefficient (Wildman–Crippen LogP) is 4.69. The van der Waals surface area contributed by atoms with Gasteiger partial charge in [-0.2, -0.15) is 0 Å². The summed E-state index contributed by atoms with van der Waals surface area (Å²) < 4.78 is 5.70. The summed E-state index contributed by atoms with van der Waals surface area (Å²) in [5.74, 6) is 1.83. The molecule has 1 aliphatic heterocycles. The van der Waals surface area contributed by atoms with E-state index < -0.39 is 0 Å². The maximum atomic E-state index is 12.7. The fourth-order valence-electron chi connectivity index (χ4n) is 3.28. The van der Waals surface area contributed by atoms with Crippen LogP contribution >= 0.6 is 11.6 Å². The van der Waals surface area contributed by atoms with Crippen LogP contribution in [0.4, 0.5) is 11.5 Å². The van der Waals surface area contributed by atoms with Crippen LogP contribution in [0.25, 0.3) is 0 Å². The van der Waals surface area contributed by atoms with Crippen molar-refractivity contribution in [1.82, 2.24) is 4.98 Å². The Balaban J connectivity index is 1.56. The zero-order valence-electron chi connectivity index (χ0n) is 16.0. The van der Waals surface area contributed by atoms with Crippen molar-refractivity contribution in [3.05, 3.63) is 47.1 Å². The summed E-state index contributed by atoms with van der Waals surface area (Å²) in [5, 5.41) is 3.71. The van der Waals surface area contributed by atoms with Crippen molar-refractivity contribution in [3.8, 4) is 5.75 Å². The van der Waals surface area contributed by atoms with Crippen LogP contribution in [0.5, 0.6) is 5.75 Å². The number of aryl methyl sites for hydroxylation is 1. The fraction of sp³-hybridized carbons (Fsp3) is 0.429. The third kappa shape index (κ3) is 5.13. The number of hydrogen-bond donors (Lipinski definition) is 1. The number of pyridine rings is 1. The van der Waals surface area contributed by atoms with Crippen molar-refractivity contribution < 1.29 is 9.53 Å². The highest BCUT2D eigenvalue weighted by Gasteiger charge is 2.26. The van der Waals surface area contributed by atoms with Crippen LogP contribution in [-0.2, 0) is 4.79 Å². The zero-order chi connectivity index (χ0) is 19.4. The van der Waals surface area contributed by atoms with Gasteiger partial charge >= 0.3 is 0 Å². The number of nitrogens with zero attached hydrogens (tertiary/aromatic N) is 2. The van der Waals surface area contributed by atoms with E-state index in [0.29, 0.717) is 5.02 Å². The Labute approximate surface area is 165 Å². The average molecular weight is 388 g/mol. The van der Waals surface area contributed by atoms with Gasteiger partial charge in [0.15, 0.2) is 0 Å². The van der Waals surface area contributed by atoms with Crippen LogP contribution in [0.1, 0.15) is 32.3 Å². The molecule has 1 amide bonds. The van der Waals surface area contributed by atoms with E-state index in [9.17, 15) is 4.79 Å². The zero-order valence-corrected chi connectivity index (χ0v) is 16.8. The number of hydrogen-bond acceptors (Lipinski definition) is 4. The maximum absolute atomic E-state index is 12.7. The largest absolute Gasteiger partial charge is 0.491 e. The summed E-state index contributed by atoms with van der Waals surface area (Å²) in [6, 6.07) is 9.55. The van der Waals surface area contributed by atoms with Crippen LogP contribution in [0, 0.1) is 12.8 Å². The highest BCUT2D eigenvalue weighted by atomic mass is 35.5. The molecular weight excluding hydrogens is 362 g/mol. The topological polar surface area (TPSA) is 54.5 Å². The molecule has 144 valence electrons. The number of carbonyl (C=O) groups excluding carboxylic acids is 1. The third-order valence-corrected chi connectivity index (χ3v) is 4.95. The number of carbonyl (C=O) groups is 1. The molecule has 0 atom stereocenters. The summed E-state index contributed by atoms with van der Waals surface area (Å²) in [6.45, 7) is 7.60. The molecule has 0 radical (unpaired) electrons. The van der Waals surface area contributed by atoms with E-state index in [1.165, 1.54) is 0 Å². The van der Waals surface area contributed by atoms with Gasteiger partial charge in [-0.25, -0.2) is 4.98 Å². The number of aromatic nitrogens is 1. The van der Waals surface area contributed by atoms with Crippen molar-refractivity contribution in [2.24, 2.45) is 5.92 Å². The molecule has 1 saturated heterocycles. The normalized spacial score (nSPS) is 15.1. The Hall–Kier alpha value is -2.27. The lowest BCUT2D eigenvalue weighted by Gasteiger charge is -2.32. The van der Waals surface area contributed by atoms with E-state index in [4.69, 9.17) is 16.3 Å². The maximum Gasteiger partial charge on any atom is 0.227 e. The number of ether oxygens (including phenoxy) is 1. The quantitative estimate of drug-likeness (QED) is 0.808. The van der Waals surface area contributed by atoms with Gasteiger partial charge in [0.1, 0.15) is 11.6 Å². The molecule has 1 aliphatic rings. The van der Waals surface area contributed by atoms with Gasteiger partial charge in [-0.3, -0.25) is 4.79 Å². The first kappa shape index (κ1) is 19.5. The molecule has 3 rings (SSSR count). The molecule has 27 heavy (non-hydrogen) atoms. The van der Waals surface area contributed by atoms with Crippen LogP contribution in [-0.4, -0.2) is 30.1 Å². The second-order valence-electron chi connectivity index (χ2n) is 7.23. The van der Waals surface area contributed by atoms with Gasteiger partial charge in [0.25, 0.3) is 0 Å². The van der Waals surface area contributed by atoms with Crippen LogP contribution in [0.3, 0.4) is 0 Å². The molecule has 5 nitrogen and oxygen atoms in total. The van der Waals surface area contributed by atoms with Gasteiger partial charge in [0.05, 0.1) is 11.1 Å². The standard InChI is InChI=1S/C21H26ClN3O2/c1-14(2)27-18-5-6-19(15(3)12-18)24-21(26)16-8-10-25(11-9-16)20-7-4-17(22)13-23-20/h4-7,12-14,16H,8-11H2,1-3H3,(H,24,26). The van der Waals surface area contributed by atoms with Crippen LogP contribution < -0.4 is 15.0 Å². The highest BCUT2D eigenvalue weighted by molar-refractivity contribution is 6.30. The van der Waals surface area contributed by atoms with Gasteiger partial charge in [-0.05, 0) is 69.5 Å². The van der Waals surface area contributed by atoms with Gasteiger partial charge in [-0.1, -0.05) is 11.6 Å². The number of nitrogens with one attached hydrogen (secondary N) is 1. The number of benzene rings is 1. The Kier molecular flexibility index (Phi) is 6.22. The molecule has 2 heterocycles. The number of halogens is 1. The first-order valence-electron chi connectivity index (χ1n) is 9.37. The smallest absolute Gasteiger partial charge is 0.227 e. The van der Waals surface area contributed by atoms with Crippen LogP contribution in [0.15, 0.2) is 36.5 Å². The van der Waals surface area contributed by atoms with Gasteiger partial charge in [-0.15, -0.1) is 0 Å². The highest BCUT2D eigenvalue weighted by Crippen LogP contribution is 2.26. The molecule has 0 aliphatic carbocycles. The van der Waals surface area contributed by atoms with Crippen molar-refractivity contribution in [2.45, 2.75) is 39.7 Å². The van der Waals surface area contributed by atoms with Gasteiger partial charge < -0.3 is 15.0 Å². The molecule has 0 bridgehead atoms. The minimum Gasteiger partial charge on any atom is -0.491 e. The Morgan fingerprint density at radius 2 is 2.00 bits per heavy atom. The summed E-state index contributed by atoms with van der Waals surface area (Å²) in [5.41, 5.74) is 1.85. The van der Waals surface area contributed by atoms with E-state index in [0.717, 1.165) is 48.7 Å². The average Bonchev–Trinajstić information content (AvgIpc) is 2.64. The molecule has 0 spiro atoms. The number of amides is 1. The SMILES string of the molecule is Cc1cc(OC(C)C)ccc1NC(=O)C1CCN(c2ccc(Cl)cn2)CC1. The van der Waals surface area contributed by atoms with E-state index in [-0.39, 0.29) is 17.9 Å². The first-order chi connectivity index (χ1) is 12.9. The second-order valence-corrected chi connectivity index (χ2v) is 7.66. The Bertz CT molecular complexity index is 785. The van der Waals surface area contributed by atoms with Crippen molar-refractivity contribution in [2.75, 3.05) is 23.3 Å². The minimum absolute atomic E-state index is 0.0135. The number of piperidine rings is 1. The summed E-state index contributed by atoms with van der Waals surface area (Å²) in [7, 11) is 0. The minimum atomic E-state index is 0.0135. The summed E-state index contributed by atoms with van der Waals surface area (Å²) >= 11 is 5.90. The van der Waals surface area contributed by atoms with Gasteiger partial charge in [0.2, 0.25) is 5.91 Å². The lowest BCUT2D eigenvalue weighted by molar-refractivity contribution is -0.120. The second kappa shape index (κ2) is 8.61. The molecule has 1 aromatic heterocycles.